The Morgan fingerprint density at radius 3 is 2.76 bits per heavy atom. The number of nitrogens with one attached hydrogen (secondary N) is 2. The smallest absolute Gasteiger partial charge is 0.295 e. The Kier molecular flexibility index (Phi) is 6.50. The second-order valence-electron chi connectivity index (χ2n) is 10.1. The number of anilines is 2. The molecular weight excluding hydrogens is 476 g/mol. The van der Waals surface area contributed by atoms with Crippen LogP contribution in [0.5, 0.6) is 0 Å². The van der Waals surface area contributed by atoms with E-state index in [0.29, 0.717) is 12.1 Å². The minimum absolute atomic E-state index is 0.156. The Labute approximate surface area is 214 Å². The molecule has 1 aliphatic heterocycles. The molecular formula is C27H31F2N7O. The van der Waals surface area contributed by atoms with Crippen LogP contribution in [0.15, 0.2) is 47.1 Å². The molecule has 37 heavy (non-hydrogen) atoms. The number of aryl methyl sites for hydroxylation is 1. The maximum atomic E-state index is 14.2. The van der Waals surface area contributed by atoms with Gasteiger partial charge < -0.3 is 20.0 Å². The fourth-order valence-electron chi connectivity index (χ4n) is 5.64. The molecule has 0 bridgehead atoms. The molecule has 2 fully saturated rings. The van der Waals surface area contributed by atoms with E-state index in [1.54, 1.807) is 0 Å². The number of aromatic nitrogens is 4. The van der Waals surface area contributed by atoms with Crippen molar-refractivity contribution in [3.05, 3.63) is 60.2 Å². The van der Waals surface area contributed by atoms with Crippen molar-refractivity contribution in [2.45, 2.75) is 63.6 Å². The molecule has 3 aromatic heterocycles. The summed E-state index contributed by atoms with van der Waals surface area (Å²) < 4.78 is 35.1. The van der Waals surface area contributed by atoms with Crippen molar-refractivity contribution in [1.82, 2.24) is 24.9 Å². The van der Waals surface area contributed by atoms with Crippen molar-refractivity contribution in [2.75, 3.05) is 23.3 Å². The quantitative estimate of drug-likeness (QED) is 0.382. The number of hydrogen-bond acceptors (Lipinski definition) is 7. The lowest BCUT2D eigenvalue weighted by atomic mass is 9.89. The lowest BCUT2D eigenvalue weighted by Gasteiger charge is -2.40. The van der Waals surface area contributed by atoms with Crippen LogP contribution >= 0.6 is 0 Å². The second-order valence-corrected chi connectivity index (χ2v) is 10.1. The molecule has 4 aromatic rings. The van der Waals surface area contributed by atoms with Crippen molar-refractivity contribution >= 4 is 17.3 Å². The molecule has 3 atom stereocenters. The maximum absolute atomic E-state index is 14.2. The Morgan fingerprint density at radius 1 is 1.03 bits per heavy atom. The lowest BCUT2D eigenvalue weighted by Crippen LogP contribution is -2.54. The van der Waals surface area contributed by atoms with Crippen LogP contribution in [0.1, 0.15) is 44.3 Å². The SMILES string of the molecule is Cc1nc2ccc(N3CCCC(NC4CCCCC4Nc4ncc(-c5ccc(F)cc5F)o4)C3)cn2n1. The topological polar surface area (TPSA) is 83.5 Å². The number of rotatable bonds is 6. The van der Waals surface area contributed by atoms with Crippen LogP contribution in [0.2, 0.25) is 0 Å². The fraction of sp³-hybridized carbons (Fsp3) is 0.444. The van der Waals surface area contributed by atoms with E-state index >= 15 is 0 Å². The third-order valence-corrected chi connectivity index (χ3v) is 7.43. The highest BCUT2D eigenvalue weighted by Gasteiger charge is 2.30. The zero-order valence-electron chi connectivity index (χ0n) is 20.8. The van der Waals surface area contributed by atoms with Crippen molar-refractivity contribution in [1.29, 1.82) is 0 Å². The van der Waals surface area contributed by atoms with E-state index in [2.05, 4.69) is 42.9 Å². The minimum atomic E-state index is -0.667. The summed E-state index contributed by atoms with van der Waals surface area (Å²) in [7, 11) is 0. The van der Waals surface area contributed by atoms with Crippen molar-refractivity contribution in [2.24, 2.45) is 0 Å². The van der Waals surface area contributed by atoms with Gasteiger partial charge in [-0.3, -0.25) is 0 Å². The second kappa shape index (κ2) is 10.1. The number of pyridine rings is 1. The number of benzene rings is 1. The van der Waals surface area contributed by atoms with Crippen LogP contribution in [0, 0.1) is 18.6 Å². The predicted molar refractivity (Wildman–Crippen MR) is 138 cm³/mol. The van der Waals surface area contributed by atoms with Crippen LogP contribution < -0.4 is 15.5 Å². The molecule has 10 heteroatoms. The molecule has 0 radical (unpaired) electrons. The van der Waals surface area contributed by atoms with Gasteiger partial charge in [0.25, 0.3) is 6.01 Å². The van der Waals surface area contributed by atoms with Crippen LogP contribution in [-0.2, 0) is 0 Å². The summed E-state index contributed by atoms with van der Waals surface area (Å²) in [6.07, 6.45) is 10.2. The number of oxazole rings is 1. The van der Waals surface area contributed by atoms with Gasteiger partial charge in [0, 0.05) is 37.3 Å². The summed E-state index contributed by atoms with van der Waals surface area (Å²) in [5.74, 6) is -0.236. The Balaban J connectivity index is 1.12. The molecule has 3 unspecified atom stereocenters. The van der Waals surface area contributed by atoms with E-state index in [1.165, 1.54) is 24.8 Å². The van der Waals surface area contributed by atoms with Gasteiger partial charge in [-0.15, -0.1) is 0 Å². The first-order chi connectivity index (χ1) is 18.0. The van der Waals surface area contributed by atoms with E-state index in [1.807, 2.05) is 17.5 Å². The molecule has 0 amide bonds. The van der Waals surface area contributed by atoms with E-state index < -0.39 is 11.6 Å². The summed E-state index contributed by atoms with van der Waals surface area (Å²) in [6, 6.07) is 8.74. The summed E-state index contributed by atoms with van der Waals surface area (Å²) >= 11 is 0. The highest BCUT2D eigenvalue weighted by atomic mass is 19.1. The highest BCUT2D eigenvalue weighted by Crippen LogP contribution is 2.29. The van der Waals surface area contributed by atoms with Crippen LogP contribution in [0.3, 0.4) is 0 Å². The average molecular weight is 508 g/mol. The van der Waals surface area contributed by atoms with Gasteiger partial charge in [-0.2, -0.15) is 5.10 Å². The van der Waals surface area contributed by atoms with E-state index in [-0.39, 0.29) is 23.4 Å². The molecule has 2 aliphatic rings. The summed E-state index contributed by atoms with van der Waals surface area (Å²) in [5.41, 5.74) is 2.21. The minimum Gasteiger partial charge on any atom is -0.423 e. The fourth-order valence-corrected chi connectivity index (χ4v) is 5.64. The monoisotopic (exact) mass is 507 g/mol. The predicted octanol–water partition coefficient (Wildman–Crippen LogP) is 4.95. The number of fused-ring (bicyclic) bond motifs is 1. The highest BCUT2D eigenvalue weighted by molar-refractivity contribution is 5.58. The van der Waals surface area contributed by atoms with Gasteiger partial charge in [0.05, 0.1) is 23.6 Å². The Hall–Kier alpha value is -3.53. The van der Waals surface area contributed by atoms with Gasteiger partial charge in [-0.25, -0.2) is 23.3 Å². The molecule has 1 saturated carbocycles. The van der Waals surface area contributed by atoms with Gasteiger partial charge in [0.15, 0.2) is 11.4 Å². The molecule has 2 N–H and O–H groups in total. The molecule has 194 valence electrons. The van der Waals surface area contributed by atoms with Gasteiger partial charge >= 0.3 is 0 Å². The number of halogens is 2. The van der Waals surface area contributed by atoms with Crippen LogP contribution in [0.4, 0.5) is 20.5 Å². The molecule has 8 nitrogen and oxygen atoms in total. The van der Waals surface area contributed by atoms with Gasteiger partial charge in [0.2, 0.25) is 0 Å². The van der Waals surface area contributed by atoms with E-state index in [0.717, 1.165) is 68.4 Å². The first-order valence-corrected chi connectivity index (χ1v) is 13.0. The maximum Gasteiger partial charge on any atom is 0.295 e. The first kappa shape index (κ1) is 23.8. The molecule has 1 aliphatic carbocycles. The third kappa shape index (κ3) is 5.16. The van der Waals surface area contributed by atoms with Gasteiger partial charge in [-0.1, -0.05) is 12.8 Å². The molecule has 4 heterocycles. The molecule has 6 rings (SSSR count). The van der Waals surface area contributed by atoms with Crippen molar-refractivity contribution in [3.8, 4) is 11.3 Å². The van der Waals surface area contributed by atoms with E-state index in [4.69, 9.17) is 4.42 Å². The summed E-state index contributed by atoms with van der Waals surface area (Å²) in [6.45, 7) is 3.85. The Bertz CT molecular complexity index is 1390. The lowest BCUT2D eigenvalue weighted by molar-refractivity contribution is 0.290. The summed E-state index contributed by atoms with van der Waals surface area (Å²) in [5, 5.41) is 11.8. The first-order valence-electron chi connectivity index (χ1n) is 13.0. The van der Waals surface area contributed by atoms with E-state index in [9.17, 15) is 8.78 Å². The number of nitrogens with zero attached hydrogens (tertiary/aromatic N) is 5. The summed E-state index contributed by atoms with van der Waals surface area (Å²) in [4.78, 5) is 11.2. The normalized spacial score (nSPS) is 22.5. The number of hydrogen-bond donors (Lipinski definition) is 2. The molecule has 1 aromatic carbocycles. The largest absolute Gasteiger partial charge is 0.423 e. The molecule has 1 saturated heterocycles. The van der Waals surface area contributed by atoms with Crippen molar-refractivity contribution < 1.29 is 13.2 Å². The van der Waals surface area contributed by atoms with Gasteiger partial charge in [0.1, 0.15) is 17.5 Å². The van der Waals surface area contributed by atoms with Crippen molar-refractivity contribution in [3.63, 3.8) is 0 Å². The third-order valence-electron chi connectivity index (χ3n) is 7.43. The Morgan fingerprint density at radius 2 is 1.89 bits per heavy atom. The number of piperidine rings is 1. The molecule has 0 spiro atoms. The van der Waals surface area contributed by atoms with Crippen LogP contribution in [0.25, 0.3) is 17.0 Å². The van der Waals surface area contributed by atoms with Crippen LogP contribution in [-0.4, -0.2) is 50.8 Å². The zero-order chi connectivity index (χ0) is 25.4. The standard InChI is InChI=1S/C27H31F2N7O/c1-17-31-26-11-9-20(16-36(26)34-17)35-12-4-5-19(15-35)32-23-6-2-3-7-24(23)33-27-30-14-25(37-27)21-10-8-18(28)13-22(21)29/h8-11,13-14,16,19,23-24,32H,2-7,12,15H2,1H3,(H,30,33). The average Bonchev–Trinajstić information content (AvgIpc) is 3.50. The zero-order valence-corrected chi connectivity index (χ0v) is 20.8. The van der Waals surface area contributed by atoms with Gasteiger partial charge in [-0.05, 0) is 56.9 Å².